The first-order valence-electron chi connectivity index (χ1n) is 8.55. The smallest absolute Gasteiger partial charge is 0.239 e. The van der Waals surface area contributed by atoms with Crippen LogP contribution in [-0.4, -0.2) is 30.0 Å². The zero-order valence-corrected chi connectivity index (χ0v) is 15.2. The van der Waals surface area contributed by atoms with Gasteiger partial charge in [0.2, 0.25) is 11.8 Å². The summed E-state index contributed by atoms with van der Waals surface area (Å²) in [4.78, 5) is 26.5. The van der Waals surface area contributed by atoms with Crippen molar-refractivity contribution in [2.24, 2.45) is 5.92 Å². The van der Waals surface area contributed by atoms with E-state index in [1.807, 2.05) is 31.2 Å². The van der Waals surface area contributed by atoms with E-state index >= 15 is 0 Å². The Bertz CT molecular complexity index is 807. The Labute approximate surface area is 157 Å². The zero-order chi connectivity index (χ0) is 18.7. The Kier molecular flexibility index (Phi) is 5.59. The van der Waals surface area contributed by atoms with E-state index in [2.05, 4.69) is 5.32 Å². The Balaban J connectivity index is 1.58. The van der Waals surface area contributed by atoms with Gasteiger partial charge < -0.3 is 15.3 Å². The maximum absolute atomic E-state index is 12.6. The van der Waals surface area contributed by atoms with Crippen molar-refractivity contribution >= 4 is 29.1 Å². The third kappa shape index (κ3) is 4.06. The standard InChI is InChI=1S/C20H21ClN2O3/c1-13-5-7-14(8-6-13)18(24)12-22-19(25)17-9-10-23(20(17)26)16-4-2-3-15(21)11-16/h2-8,11,17-18,24H,9-10,12H2,1H3,(H,22,25). The van der Waals surface area contributed by atoms with Gasteiger partial charge in [0.15, 0.2) is 0 Å². The van der Waals surface area contributed by atoms with E-state index in [1.165, 1.54) is 0 Å². The molecule has 2 aromatic carbocycles. The molecule has 6 heteroatoms. The first kappa shape index (κ1) is 18.4. The summed E-state index contributed by atoms with van der Waals surface area (Å²) in [6.45, 7) is 2.51. The lowest BCUT2D eigenvalue weighted by Gasteiger charge is -2.17. The fourth-order valence-electron chi connectivity index (χ4n) is 3.05. The van der Waals surface area contributed by atoms with Crippen molar-refractivity contribution in [2.75, 3.05) is 18.0 Å². The number of anilines is 1. The Morgan fingerprint density at radius 2 is 2.04 bits per heavy atom. The molecule has 0 aliphatic carbocycles. The molecule has 26 heavy (non-hydrogen) atoms. The normalized spacial score (nSPS) is 18.0. The molecule has 1 aliphatic heterocycles. The summed E-state index contributed by atoms with van der Waals surface area (Å²) in [6, 6.07) is 14.5. The van der Waals surface area contributed by atoms with Gasteiger partial charge in [0.25, 0.3) is 0 Å². The molecule has 1 heterocycles. The summed E-state index contributed by atoms with van der Waals surface area (Å²) in [5, 5.41) is 13.4. The number of nitrogens with zero attached hydrogens (tertiary/aromatic N) is 1. The second-order valence-corrected chi connectivity index (χ2v) is 6.92. The van der Waals surface area contributed by atoms with Gasteiger partial charge in [-0.1, -0.05) is 47.5 Å². The van der Waals surface area contributed by atoms with E-state index in [0.717, 1.165) is 11.1 Å². The summed E-state index contributed by atoms with van der Waals surface area (Å²) < 4.78 is 0. The highest BCUT2D eigenvalue weighted by atomic mass is 35.5. The maximum Gasteiger partial charge on any atom is 0.239 e. The summed E-state index contributed by atoms with van der Waals surface area (Å²) in [5.74, 6) is -1.33. The molecule has 1 fully saturated rings. The molecule has 2 aromatic rings. The number of carbonyl (C=O) groups is 2. The van der Waals surface area contributed by atoms with E-state index in [4.69, 9.17) is 11.6 Å². The molecule has 3 rings (SSSR count). The third-order valence-electron chi connectivity index (χ3n) is 4.57. The van der Waals surface area contributed by atoms with E-state index in [1.54, 1.807) is 29.2 Å². The number of benzene rings is 2. The molecule has 2 atom stereocenters. The van der Waals surface area contributed by atoms with Crippen LogP contribution in [0.15, 0.2) is 48.5 Å². The molecule has 1 saturated heterocycles. The van der Waals surface area contributed by atoms with Gasteiger partial charge in [-0.3, -0.25) is 9.59 Å². The van der Waals surface area contributed by atoms with Crippen LogP contribution in [0.4, 0.5) is 5.69 Å². The first-order valence-corrected chi connectivity index (χ1v) is 8.93. The predicted molar refractivity (Wildman–Crippen MR) is 101 cm³/mol. The van der Waals surface area contributed by atoms with Crippen molar-refractivity contribution < 1.29 is 14.7 Å². The Morgan fingerprint density at radius 1 is 1.31 bits per heavy atom. The maximum atomic E-state index is 12.6. The summed E-state index contributed by atoms with van der Waals surface area (Å²) in [5.41, 5.74) is 2.52. The second kappa shape index (κ2) is 7.89. The van der Waals surface area contributed by atoms with Gasteiger partial charge >= 0.3 is 0 Å². The summed E-state index contributed by atoms with van der Waals surface area (Å²) in [7, 11) is 0. The number of hydrogen-bond acceptors (Lipinski definition) is 3. The van der Waals surface area contributed by atoms with Crippen LogP contribution in [0.25, 0.3) is 0 Å². The van der Waals surface area contributed by atoms with Crippen LogP contribution in [0.5, 0.6) is 0 Å². The molecule has 0 bridgehead atoms. The predicted octanol–water partition coefficient (Wildman–Crippen LogP) is 2.85. The number of nitrogens with one attached hydrogen (secondary N) is 1. The van der Waals surface area contributed by atoms with Crippen LogP contribution in [0, 0.1) is 12.8 Å². The number of aliphatic hydroxyl groups excluding tert-OH is 1. The molecule has 0 aromatic heterocycles. The van der Waals surface area contributed by atoms with Crippen LogP contribution in [-0.2, 0) is 9.59 Å². The van der Waals surface area contributed by atoms with E-state index < -0.39 is 12.0 Å². The molecule has 1 aliphatic rings. The lowest BCUT2D eigenvalue weighted by Crippen LogP contribution is -2.38. The van der Waals surface area contributed by atoms with Crippen molar-refractivity contribution in [2.45, 2.75) is 19.4 Å². The van der Waals surface area contributed by atoms with Gasteiger partial charge in [-0.2, -0.15) is 0 Å². The monoisotopic (exact) mass is 372 g/mol. The molecule has 0 saturated carbocycles. The van der Waals surface area contributed by atoms with E-state index in [0.29, 0.717) is 23.7 Å². The third-order valence-corrected chi connectivity index (χ3v) is 4.81. The lowest BCUT2D eigenvalue weighted by molar-refractivity contribution is -0.132. The molecule has 0 spiro atoms. The van der Waals surface area contributed by atoms with Gasteiger partial charge in [0.05, 0.1) is 6.10 Å². The topological polar surface area (TPSA) is 69.6 Å². The van der Waals surface area contributed by atoms with Crippen molar-refractivity contribution in [3.05, 3.63) is 64.7 Å². The minimum Gasteiger partial charge on any atom is -0.387 e. The number of aliphatic hydroxyl groups is 1. The van der Waals surface area contributed by atoms with Gasteiger partial charge in [-0.25, -0.2) is 0 Å². The minimum absolute atomic E-state index is 0.0723. The largest absolute Gasteiger partial charge is 0.387 e. The van der Waals surface area contributed by atoms with Crippen LogP contribution < -0.4 is 10.2 Å². The van der Waals surface area contributed by atoms with Gasteiger partial charge in [-0.05, 0) is 37.1 Å². The van der Waals surface area contributed by atoms with E-state index in [-0.39, 0.29) is 18.4 Å². The van der Waals surface area contributed by atoms with Crippen molar-refractivity contribution in [1.82, 2.24) is 5.32 Å². The van der Waals surface area contributed by atoms with Gasteiger partial charge in [0.1, 0.15) is 5.92 Å². The lowest BCUT2D eigenvalue weighted by atomic mass is 10.1. The Morgan fingerprint density at radius 3 is 2.73 bits per heavy atom. The summed E-state index contributed by atoms with van der Waals surface area (Å²) >= 11 is 5.98. The van der Waals surface area contributed by atoms with Gasteiger partial charge in [-0.15, -0.1) is 0 Å². The fraction of sp³-hybridized carbons (Fsp3) is 0.300. The number of hydrogen-bond donors (Lipinski definition) is 2. The van der Waals surface area contributed by atoms with Crippen LogP contribution in [0.2, 0.25) is 5.02 Å². The van der Waals surface area contributed by atoms with Crippen LogP contribution in [0.1, 0.15) is 23.7 Å². The van der Waals surface area contributed by atoms with Crippen molar-refractivity contribution in [1.29, 1.82) is 0 Å². The van der Waals surface area contributed by atoms with E-state index in [9.17, 15) is 14.7 Å². The molecule has 2 unspecified atom stereocenters. The number of aryl methyl sites for hydroxylation is 1. The summed E-state index contributed by atoms with van der Waals surface area (Å²) in [6.07, 6.45) is -0.363. The minimum atomic E-state index is -0.805. The zero-order valence-electron chi connectivity index (χ0n) is 14.5. The number of rotatable bonds is 5. The van der Waals surface area contributed by atoms with Crippen molar-refractivity contribution in [3.8, 4) is 0 Å². The number of carbonyl (C=O) groups excluding carboxylic acids is 2. The number of halogens is 1. The second-order valence-electron chi connectivity index (χ2n) is 6.48. The highest BCUT2D eigenvalue weighted by molar-refractivity contribution is 6.31. The average Bonchev–Trinajstić information content (AvgIpc) is 3.01. The Hall–Kier alpha value is -2.37. The molecule has 0 radical (unpaired) electrons. The SMILES string of the molecule is Cc1ccc(C(O)CNC(=O)C2CCN(c3cccc(Cl)c3)C2=O)cc1. The highest BCUT2D eigenvalue weighted by Crippen LogP contribution is 2.27. The highest BCUT2D eigenvalue weighted by Gasteiger charge is 2.37. The molecule has 136 valence electrons. The molecular formula is C20H21ClN2O3. The fourth-order valence-corrected chi connectivity index (χ4v) is 3.24. The quantitative estimate of drug-likeness (QED) is 0.793. The number of amides is 2. The molecular weight excluding hydrogens is 352 g/mol. The van der Waals surface area contributed by atoms with Gasteiger partial charge in [0, 0.05) is 23.8 Å². The molecule has 2 amide bonds. The first-order chi connectivity index (χ1) is 12.5. The molecule has 5 nitrogen and oxygen atoms in total. The van der Waals surface area contributed by atoms with Crippen LogP contribution in [0.3, 0.4) is 0 Å². The van der Waals surface area contributed by atoms with Crippen LogP contribution >= 0.6 is 11.6 Å². The average molecular weight is 373 g/mol. The van der Waals surface area contributed by atoms with Crippen molar-refractivity contribution in [3.63, 3.8) is 0 Å². The molecule has 2 N–H and O–H groups in total.